The van der Waals surface area contributed by atoms with E-state index in [0.717, 1.165) is 33.2 Å². The van der Waals surface area contributed by atoms with Crippen LogP contribution in [0.1, 0.15) is 5.69 Å². The Bertz CT molecular complexity index is 1160. The zero-order valence-corrected chi connectivity index (χ0v) is 14.6. The van der Waals surface area contributed by atoms with Gasteiger partial charge in [-0.2, -0.15) is 0 Å². The number of aromatic nitrogens is 1. The molecule has 0 spiro atoms. The SMILES string of the molecule is N=C(N)c1c(-c2ccccc2)c2c(-c3ccccc3)cccc2n1C(=N)N. The van der Waals surface area contributed by atoms with E-state index in [4.69, 9.17) is 22.3 Å². The van der Waals surface area contributed by atoms with Crippen LogP contribution in [0, 0.1) is 10.8 Å². The number of nitrogens with zero attached hydrogens (tertiary/aromatic N) is 1. The molecule has 0 saturated carbocycles. The van der Waals surface area contributed by atoms with Crippen LogP contribution >= 0.6 is 0 Å². The fraction of sp³-hybridized carbons (Fsp3) is 0. The van der Waals surface area contributed by atoms with Crippen LogP contribution in [0.4, 0.5) is 0 Å². The number of rotatable bonds is 3. The molecule has 0 fully saturated rings. The molecule has 0 bridgehead atoms. The van der Waals surface area contributed by atoms with Crippen molar-refractivity contribution in [3.05, 3.63) is 84.6 Å². The Morgan fingerprint density at radius 2 is 1.30 bits per heavy atom. The molecule has 0 aliphatic carbocycles. The van der Waals surface area contributed by atoms with Crippen molar-refractivity contribution < 1.29 is 0 Å². The minimum Gasteiger partial charge on any atom is -0.382 e. The summed E-state index contributed by atoms with van der Waals surface area (Å²) in [7, 11) is 0. The highest BCUT2D eigenvalue weighted by molar-refractivity contribution is 6.18. The lowest BCUT2D eigenvalue weighted by Crippen LogP contribution is -2.27. The number of fused-ring (bicyclic) bond motifs is 1. The lowest BCUT2D eigenvalue weighted by atomic mass is 9.94. The van der Waals surface area contributed by atoms with Crippen LogP contribution in [-0.4, -0.2) is 16.4 Å². The molecule has 0 radical (unpaired) electrons. The third kappa shape index (κ3) is 2.66. The molecule has 0 saturated heterocycles. The van der Waals surface area contributed by atoms with Crippen LogP contribution in [0.3, 0.4) is 0 Å². The summed E-state index contributed by atoms with van der Waals surface area (Å²) in [6.07, 6.45) is 0. The molecule has 0 atom stereocenters. The van der Waals surface area contributed by atoms with E-state index in [1.807, 2.05) is 78.9 Å². The third-order valence-corrected chi connectivity index (χ3v) is 4.64. The Labute approximate surface area is 156 Å². The quantitative estimate of drug-likeness (QED) is 0.330. The van der Waals surface area contributed by atoms with Crippen molar-refractivity contribution in [3.63, 3.8) is 0 Å². The summed E-state index contributed by atoms with van der Waals surface area (Å²) in [6.45, 7) is 0. The van der Waals surface area contributed by atoms with E-state index in [1.165, 1.54) is 0 Å². The largest absolute Gasteiger partial charge is 0.382 e. The average molecular weight is 353 g/mol. The van der Waals surface area contributed by atoms with Gasteiger partial charge in [-0.15, -0.1) is 0 Å². The van der Waals surface area contributed by atoms with Crippen molar-refractivity contribution >= 4 is 22.7 Å². The number of hydrogen-bond donors (Lipinski definition) is 4. The number of amidine groups is 1. The molecule has 0 aliphatic heterocycles. The van der Waals surface area contributed by atoms with Crippen molar-refractivity contribution in [1.29, 1.82) is 10.8 Å². The monoisotopic (exact) mass is 353 g/mol. The number of nitrogens with one attached hydrogen (secondary N) is 2. The molecule has 0 aliphatic rings. The maximum absolute atomic E-state index is 8.17. The fourth-order valence-electron chi connectivity index (χ4n) is 3.59. The number of hydrogen-bond acceptors (Lipinski definition) is 2. The molecule has 132 valence electrons. The molecule has 4 aromatic rings. The summed E-state index contributed by atoms with van der Waals surface area (Å²) in [6, 6.07) is 25.7. The van der Waals surface area contributed by atoms with E-state index in [2.05, 4.69) is 0 Å². The van der Waals surface area contributed by atoms with Gasteiger partial charge in [0.2, 0.25) is 0 Å². The molecule has 1 aromatic heterocycles. The Kier molecular flexibility index (Phi) is 3.97. The minimum absolute atomic E-state index is 0.126. The van der Waals surface area contributed by atoms with Gasteiger partial charge < -0.3 is 11.5 Å². The molecule has 6 N–H and O–H groups in total. The van der Waals surface area contributed by atoms with Crippen molar-refractivity contribution in [1.82, 2.24) is 4.57 Å². The van der Waals surface area contributed by atoms with Gasteiger partial charge >= 0.3 is 0 Å². The second-order valence-corrected chi connectivity index (χ2v) is 6.29. The van der Waals surface area contributed by atoms with Gasteiger partial charge in [0.25, 0.3) is 0 Å². The lowest BCUT2D eigenvalue weighted by Gasteiger charge is -2.09. The highest BCUT2D eigenvalue weighted by Crippen LogP contribution is 2.40. The standard InChI is InChI=1S/C22H19N5/c23-21(24)20-18(15-10-5-2-6-11-15)19-16(14-8-3-1-4-9-14)12-7-13-17(19)27(20)22(25)26/h1-13H,(H3,23,24)(H3,25,26). The summed E-state index contributed by atoms with van der Waals surface area (Å²) in [5.41, 5.74) is 16.8. The van der Waals surface area contributed by atoms with Gasteiger partial charge in [-0.1, -0.05) is 72.8 Å². The highest BCUT2D eigenvalue weighted by atomic mass is 15.1. The zero-order valence-electron chi connectivity index (χ0n) is 14.6. The van der Waals surface area contributed by atoms with E-state index in [1.54, 1.807) is 4.57 Å². The minimum atomic E-state index is -0.169. The van der Waals surface area contributed by atoms with Gasteiger partial charge in [-0.05, 0) is 22.8 Å². The Balaban J connectivity index is 2.23. The van der Waals surface area contributed by atoms with Crippen molar-refractivity contribution in [2.45, 2.75) is 0 Å². The van der Waals surface area contributed by atoms with E-state index in [0.29, 0.717) is 5.69 Å². The first-order chi connectivity index (χ1) is 13.1. The molecule has 0 amide bonds. The van der Waals surface area contributed by atoms with Gasteiger partial charge in [0.05, 0.1) is 11.2 Å². The Morgan fingerprint density at radius 1 is 0.704 bits per heavy atom. The average Bonchev–Trinajstić information content (AvgIpc) is 3.05. The van der Waals surface area contributed by atoms with Crippen LogP contribution in [0.5, 0.6) is 0 Å². The van der Waals surface area contributed by atoms with E-state index >= 15 is 0 Å². The molecular weight excluding hydrogens is 334 g/mol. The second-order valence-electron chi connectivity index (χ2n) is 6.29. The molecule has 5 nitrogen and oxygen atoms in total. The van der Waals surface area contributed by atoms with E-state index in [-0.39, 0.29) is 11.8 Å². The lowest BCUT2D eigenvalue weighted by molar-refractivity contribution is 1.12. The summed E-state index contributed by atoms with van der Waals surface area (Å²) >= 11 is 0. The molecule has 0 unspecified atom stereocenters. The molecule has 3 aromatic carbocycles. The van der Waals surface area contributed by atoms with Gasteiger partial charge in [0.15, 0.2) is 5.96 Å². The van der Waals surface area contributed by atoms with Gasteiger partial charge in [0.1, 0.15) is 5.84 Å². The highest BCUT2D eigenvalue weighted by Gasteiger charge is 2.24. The Hall–Kier alpha value is -3.86. The predicted octanol–water partition coefficient (Wildman–Crippen LogP) is 4.00. The predicted molar refractivity (Wildman–Crippen MR) is 111 cm³/mol. The summed E-state index contributed by atoms with van der Waals surface area (Å²) < 4.78 is 1.55. The van der Waals surface area contributed by atoms with Gasteiger partial charge in [-0.3, -0.25) is 15.4 Å². The molecule has 4 rings (SSSR count). The van der Waals surface area contributed by atoms with Crippen LogP contribution < -0.4 is 11.5 Å². The first-order valence-corrected chi connectivity index (χ1v) is 8.56. The van der Waals surface area contributed by atoms with E-state index < -0.39 is 0 Å². The van der Waals surface area contributed by atoms with Crippen LogP contribution in [0.2, 0.25) is 0 Å². The Morgan fingerprint density at radius 3 is 1.85 bits per heavy atom. The topological polar surface area (TPSA) is 105 Å². The molecule has 1 heterocycles. The van der Waals surface area contributed by atoms with E-state index in [9.17, 15) is 0 Å². The van der Waals surface area contributed by atoms with Gasteiger partial charge in [-0.25, -0.2) is 0 Å². The third-order valence-electron chi connectivity index (χ3n) is 4.64. The van der Waals surface area contributed by atoms with Crippen molar-refractivity contribution in [2.24, 2.45) is 11.5 Å². The van der Waals surface area contributed by atoms with Crippen LogP contribution in [0.25, 0.3) is 33.2 Å². The van der Waals surface area contributed by atoms with Crippen molar-refractivity contribution in [3.8, 4) is 22.3 Å². The maximum Gasteiger partial charge on any atom is 0.197 e. The van der Waals surface area contributed by atoms with Gasteiger partial charge in [0, 0.05) is 10.9 Å². The first kappa shape index (κ1) is 16.6. The summed E-state index contributed by atoms with van der Waals surface area (Å²) in [5.74, 6) is -0.295. The normalized spacial score (nSPS) is 10.8. The second kappa shape index (κ2) is 6.46. The van der Waals surface area contributed by atoms with Crippen LogP contribution in [-0.2, 0) is 0 Å². The first-order valence-electron chi connectivity index (χ1n) is 8.56. The maximum atomic E-state index is 8.17. The molecular formula is C22H19N5. The number of nitrogens with two attached hydrogens (primary N) is 2. The van der Waals surface area contributed by atoms with Crippen LogP contribution in [0.15, 0.2) is 78.9 Å². The van der Waals surface area contributed by atoms with Crippen molar-refractivity contribution in [2.75, 3.05) is 0 Å². The smallest absolute Gasteiger partial charge is 0.197 e. The summed E-state index contributed by atoms with van der Waals surface area (Å²) in [5, 5.41) is 17.2. The molecule has 27 heavy (non-hydrogen) atoms. The summed E-state index contributed by atoms with van der Waals surface area (Å²) in [4.78, 5) is 0. The number of nitrogen functional groups attached to an aromatic ring is 2. The zero-order chi connectivity index (χ0) is 19.0. The molecule has 5 heteroatoms. The number of benzene rings is 3. The fourth-order valence-corrected chi connectivity index (χ4v) is 3.59.